The average Bonchev–Trinajstić information content (AvgIpc) is 2.40. The molecule has 21 heavy (non-hydrogen) atoms. The van der Waals surface area contributed by atoms with Crippen LogP contribution in [-0.2, 0) is 14.8 Å². The number of hydrogen-bond acceptors (Lipinski definition) is 4. The lowest BCUT2D eigenvalue weighted by atomic mass is 10.2. The minimum absolute atomic E-state index is 0.0823. The molecule has 1 unspecified atom stereocenters. The SMILES string of the molecule is CCCC(NS(=O)(=O)c1cc(Br)ccc1OCC)C(=O)O. The fraction of sp³-hybridized carbons (Fsp3) is 0.462. The summed E-state index contributed by atoms with van der Waals surface area (Å²) in [6.45, 7) is 3.83. The number of rotatable bonds is 8. The van der Waals surface area contributed by atoms with Crippen LogP contribution in [0.25, 0.3) is 0 Å². The molecule has 2 N–H and O–H groups in total. The van der Waals surface area contributed by atoms with Crippen molar-refractivity contribution < 1.29 is 23.1 Å². The Balaban J connectivity index is 3.17. The summed E-state index contributed by atoms with van der Waals surface area (Å²) in [5.74, 6) is -1.01. The minimum atomic E-state index is -3.99. The zero-order valence-electron chi connectivity index (χ0n) is 11.8. The molecule has 1 aromatic rings. The highest BCUT2D eigenvalue weighted by atomic mass is 79.9. The second kappa shape index (κ2) is 7.77. The predicted molar refractivity (Wildman–Crippen MR) is 82.0 cm³/mol. The maximum Gasteiger partial charge on any atom is 0.321 e. The number of carboxylic acid groups (broad SMARTS) is 1. The van der Waals surface area contributed by atoms with Gasteiger partial charge in [-0.1, -0.05) is 29.3 Å². The van der Waals surface area contributed by atoms with Crippen LogP contribution < -0.4 is 9.46 Å². The van der Waals surface area contributed by atoms with Crippen molar-refractivity contribution in [3.8, 4) is 5.75 Å². The molecule has 0 aliphatic carbocycles. The van der Waals surface area contributed by atoms with Gasteiger partial charge in [-0.25, -0.2) is 8.42 Å². The summed E-state index contributed by atoms with van der Waals surface area (Å²) in [5, 5.41) is 9.07. The summed E-state index contributed by atoms with van der Waals surface area (Å²) in [4.78, 5) is 11.0. The van der Waals surface area contributed by atoms with Crippen molar-refractivity contribution in [1.29, 1.82) is 0 Å². The van der Waals surface area contributed by atoms with Crippen molar-refractivity contribution in [3.63, 3.8) is 0 Å². The lowest BCUT2D eigenvalue weighted by Gasteiger charge is -2.16. The Kier molecular flexibility index (Phi) is 6.63. The third-order valence-electron chi connectivity index (χ3n) is 2.67. The molecule has 0 radical (unpaired) electrons. The summed E-state index contributed by atoms with van der Waals surface area (Å²) in [5.41, 5.74) is 0. The largest absolute Gasteiger partial charge is 0.492 e. The molecule has 0 saturated heterocycles. The highest BCUT2D eigenvalue weighted by Crippen LogP contribution is 2.27. The summed E-state index contributed by atoms with van der Waals surface area (Å²) in [7, 11) is -3.99. The third kappa shape index (κ3) is 4.98. The smallest absolute Gasteiger partial charge is 0.321 e. The van der Waals surface area contributed by atoms with Gasteiger partial charge in [0.2, 0.25) is 10.0 Å². The van der Waals surface area contributed by atoms with Crippen molar-refractivity contribution in [1.82, 2.24) is 4.72 Å². The Labute approximate surface area is 132 Å². The molecule has 0 amide bonds. The first-order valence-electron chi connectivity index (χ1n) is 6.49. The van der Waals surface area contributed by atoms with E-state index in [-0.39, 0.29) is 17.1 Å². The first kappa shape index (κ1) is 17.9. The predicted octanol–water partition coefficient (Wildman–Crippen LogP) is 2.38. The molecule has 0 aliphatic rings. The van der Waals surface area contributed by atoms with E-state index in [0.717, 1.165) is 0 Å². The van der Waals surface area contributed by atoms with Crippen LogP contribution in [0, 0.1) is 0 Å². The van der Waals surface area contributed by atoms with Crippen molar-refractivity contribution in [2.24, 2.45) is 0 Å². The number of hydrogen-bond donors (Lipinski definition) is 2. The third-order valence-corrected chi connectivity index (χ3v) is 4.65. The van der Waals surface area contributed by atoms with Crippen LogP contribution in [-0.4, -0.2) is 32.1 Å². The zero-order valence-corrected chi connectivity index (χ0v) is 14.2. The quantitative estimate of drug-likeness (QED) is 0.723. The lowest BCUT2D eigenvalue weighted by Crippen LogP contribution is -2.40. The number of carboxylic acids is 1. The van der Waals surface area contributed by atoms with Crippen LogP contribution in [0.15, 0.2) is 27.6 Å². The maximum absolute atomic E-state index is 12.4. The van der Waals surface area contributed by atoms with Crippen molar-refractivity contribution in [2.45, 2.75) is 37.6 Å². The van der Waals surface area contributed by atoms with Crippen LogP contribution >= 0.6 is 15.9 Å². The van der Waals surface area contributed by atoms with Gasteiger partial charge in [-0.15, -0.1) is 0 Å². The van der Waals surface area contributed by atoms with Crippen molar-refractivity contribution in [2.75, 3.05) is 6.61 Å². The molecule has 1 rings (SSSR count). The molecule has 0 spiro atoms. The summed E-state index contributed by atoms with van der Waals surface area (Å²) < 4.78 is 32.9. The van der Waals surface area contributed by atoms with Crippen molar-refractivity contribution in [3.05, 3.63) is 22.7 Å². The average molecular weight is 380 g/mol. The number of carbonyl (C=O) groups is 1. The molecular formula is C13H18BrNO5S. The second-order valence-electron chi connectivity index (χ2n) is 4.32. The molecule has 0 saturated carbocycles. The van der Waals surface area contributed by atoms with Gasteiger partial charge < -0.3 is 9.84 Å². The number of ether oxygens (including phenoxy) is 1. The first-order valence-corrected chi connectivity index (χ1v) is 8.77. The van der Waals surface area contributed by atoms with E-state index in [1.165, 1.54) is 12.1 Å². The molecule has 0 aliphatic heterocycles. The van der Waals surface area contributed by atoms with E-state index in [2.05, 4.69) is 20.7 Å². The van der Waals surface area contributed by atoms with Crippen LogP contribution in [0.2, 0.25) is 0 Å². The highest BCUT2D eigenvalue weighted by Gasteiger charge is 2.27. The fourth-order valence-corrected chi connectivity index (χ4v) is 3.65. The number of halogens is 1. The molecule has 0 heterocycles. The normalized spacial score (nSPS) is 12.9. The molecule has 1 atom stereocenters. The number of aliphatic carboxylic acids is 1. The molecule has 118 valence electrons. The van der Waals surface area contributed by atoms with Crippen molar-refractivity contribution >= 4 is 31.9 Å². The summed E-state index contributed by atoms with van der Waals surface area (Å²) in [6, 6.07) is 3.41. The topological polar surface area (TPSA) is 92.7 Å². The monoisotopic (exact) mass is 379 g/mol. The van der Waals surface area contributed by atoms with Crippen LogP contribution in [0.4, 0.5) is 0 Å². The molecule has 1 aromatic carbocycles. The standard InChI is InChI=1S/C13H18BrNO5S/c1-3-5-10(13(16)17)15-21(18,19)12-8-9(14)6-7-11(12)20-4-2/h6-8,10,15H,3-5H2,1-2H3,(H,16,17). The van der Waals surface area contributed by atoms with E-state index in [0.29, 0.717) is 17.5 Å². The maximum atomic E-state index is 12.4. The Morgan fingerprint density at radius 3 is 2.62 bits per heavy atom. The van der Waals surface area contributed by atoms with Crippen LogP contribution in [0.1, 0.15) is 26.7 Å². The van der Waals surface area contributed by atoms with E-state index in [9.17, 15) is 13.2 Å². The molecule has 0 bridgehead atoms. The number of sulfonamides is 1. The van der Waals surface area contributed by atoms with Gasteiger partial charge in [-0.2, -0.15) is 4.72 Å². The van der Waals surface area contributed by atoms with Gasteiger partial charge in [0.25, 0.3) is 0 Å². The zero-order chi connectivity index (χ0) is 16.0. The first-order chi connectivity index (χ1) is 9.81. The van der Waals surface area contributed by atoms with Gasteiger partial charge in [-0.3, -0.25) is 4.79 Å². The molecule has 8 heteroatoms. The number of nitrogens with one attached hydrogen (secondary N) is 1. The Hall–Kier alpha value is -1.12. The highest BCUT2D eigenvalue weighted by molar-refractivity contribution is 9.10. The van der Waals surface area contributed by atoms with Gasteiger partial charge >= 0.3 is 5.97 Å². The van der Waals surface area contributed by atoms with Gasteiger partial charge in [0.15, 0.2) is 0 Å². The van der Waals surface area contributed by atoms with E-state index in [1.54, 1.807) is 19.9 Å². The van der Waals surface area contributed by atoms with Gasteiger partial charge in [0, 0.05) is 4.47 Å². The van der Waals surface area contributed by atoms with E-state index in [4.69, 9.17) is 9.84 Å². The molecule has 0 aromatic heterocycles. The van der Waals surface area contributed by atoms with E-state index < -0.39 is 22.0 Å². The van der Waals surface area contributed by atoms with E-state index >= 15 is 0 Å². The van der Waals surface area contributed by atoms with Gasteiger partial charge in [-0.05, 0) is 31.5 Å². The molecular weight excluding hydrogens is 362 g/mol. The van der Waals surface area contributed by atoms with Gasteiger partial charge in [0.05, 0.1) is 6.61 Å². The van der Waals surface area contributed by atoms with E-state index in [1.807, 2.05) is 0 Å². The summed E-state index contributed by atoms with van der Waals surface area (Å²) in [6.07, 6.45) is 0.767. The minimum Gasteiger partial charge on any atom is -0.492 e. The Bertz CT molecular complexity index is 603. The molecule has 0 fully saturated rings. The lowest BCUT2D eigenvalue weighted by molar-refractivity contribution is -0.139. The Morgan fingerprint density at radius 2 is 2.10 bits per heavy atom. The second-order valence-corrected chi connectivity index (χ2v) is 6.92. The summed E-state index contributed by atoms with van der Waals surface area (Å²) >= 11 is 3.20. The van der Waals surface area contributed by atoms with Crippen LogP contribution in [0.5, 0.6) is 5.75 Å². The fourth-order valence-electron chi connectivity index (χ4n) is 1.74. The van der Waals surface area contributed by atoms with Crippen LogP contribution in [0.3, 0.4) is 0 Å². The Morgan fingerprint density at radius 1 is 1.43 bits per heavy atom. The molecule has 6 nitrogen and oxygen atoms in total. The number of benzene rings is 1. The van der Waals surface area contributed by atoms with Gasteiger partial charge in [0.1, 0.15) is 16.7 Å².